The minimum Gasteiger partial charge on any atom is -0.467 e. The van der Waals surface area contributed by atoms with E-state index in [1.54, 1.807) is 11.8 Å². The van der Waals surface area contributed by atoms with Crippen molar-refractivity contribution in [1.82, 2.24) is 10.2 Å². The number of rotatable bonds is 2. The number of hydrogen-bond donors (Lipinski definition) is 1. The maximum atomic E-state index is 11.5. The van der Waals surface area contributed by atoms with Crippen LogP contribution in [0.5, 0.6) is 0 Å². The van der Waals surface area contributed by atoms with Crippen molar-refractivity contribution in [3.05, 3.63) is 0 Å². The number of methoxy groups -OCH3 is 1. The van der Waals surface area contributed by atoms with E-state index in [0.29, 0.717) is 19.5 Å². The lowest BCUT2D eigenvalue weighted by atomic mass is 10.2. The lowest BCUT2D eigenvalue weighted by Gasteiger charge is -2.34. The third kappa shape index (κ3) is 2.23. The van der Waals surface area contributed by atoms with Crippen LogP contribution in [-0.4, -0.2) is 49.6 Å². The van der Waals surface area contributed by atoms with E-state index in [-0.39, 0.29) is 11.9 Å². The molecule has 1 atom stereocenters. The summed E-state index contributed by atoms with van der Waals surface area (Å²) in [6, 6.07) is -0.457. The van der Waals surface area contributed by atoms with Gasteiger partial charge in [-0.05, 0) is 0 Å². The number of esters is 1. The van der Waals surface area contributed by atoms with Gasteiger partial charge in [0, 0.05) is 26.1 Å². The van der Waals surface area contributed by atoms with Gasteiger partial charge < -0.3 is 15.0 Å². The molecule has 1 aliphatic rings. The third-order valence-electron chi connectivity index (χ3n) is 2.34. The van der Waals surface area contributed by atoms with Gasteiger partial charge in [-0.15, -0.1) is 0 Å². The molecule has 1 aliphatic heterocycles. The molecule has 1 fully saturated rings. The molecule has 1 N–H and O–H groups in total. The van der Waals surface area contributed by atoms with Gasteiger partial charge in [0.15, 0.2) is 0 Å². The molecule has 0 bridgehead atoms. The van der Waals surface area contributed by atoms with Crippen LogP contribution in [-0.2, 0) is 14.3 Å². The summed E-state index contributed by atoms with van der Waals surface area (Å²) in [5.74, 6) is -0.346. The summed E-state index contributed by atoms with van der Waals surface area (Å²) in [6.07, 6.45) is 0.424. The van der Waals surface area contributed by atoms with Crippen molar-refractivity contribution in [1.29, 1.82) is 0 Å². The molecular formula is C9H16N2O3. The zero-order valence-electron chi connectivity index (χ0n) is 8.58. The Balaban J connectivity index is 2.68. The Kier molecular flexibility index (Phi) is 3.88. The first kappa shape index (κ1) is 11.0. The standard InChI is InChI=1S/C9H16N2O3/c1-3-8(12)11-5-4-10-6-7(11)9(13)14-2/h7,10H,3-6H2,1-2H3. The van der Waals surface area contributed by atoms with Crippen LogP contribution in [0, 0.1) is 0 Å². The first-order valence-corrected chi connectivity index (χ1v) is 4.78. The van der Waals surface area contributed by atoms with Crippen molar-refractivity contribution in [2.24, 2.45) is 0 Å². The molecule has 0 spiro atoms. The first-order valence-electron chi connectivity index (χ1n) is 4.78. The molecule has 1 saturated heterocycles. The lowest BCUT2D eigenvalue weighted by Crippen LogP contribution is -2.57. The molecule has 5 heteroatoms. The van der Waals surface area contributed by atoms with Crippen LogP contribution in [0.1, 0.15) is 13.3 Å². The third-order valence-corrected chi connectivity index (χ3v) is 2.34. The fourth-order valence-corrected chi connectivity index (χ4v) is 1.55. The van der Waals surface area contributed by atoms with Crippen molar-refractivity contribution in [2.75, 3.05) is 26.7 Å². The predicted molar refractivity (Wildman–Crippen MR) is 50.7 cm³/mol. The van der Waals surface area contributed by atoms with Crippen LogP contribution < -0.4 is 5.32 Å². The van der Waals surface area contributed by atoms with Gasteiger partial charge in [0.1, 0.15) is 6.04 Å². The van der Waals surface area contributed by atoms with Gasteiger partial charge in [0.25, 0.3) is 0 Å². The summed E-state index contributed by atoms with van der Waals surface area (Å²) in [7, 11) is 1.34. The van der Waals surface area contributed by atoms with Crippen molar-refractivity contribution >= 4 is 11.9 Å². The Morgan fingerprint density at radius 1 is 1.57 bits per heavy atom. The number of carbonyl (C=O) groups is 2. The Bertz CT molecular complexity index is 206. The maximum Gasteiger partial charge on any atom is 0.329 e. The van der Waals surface area contributed by atoms with E-state index in [1.165, 1.54) is 7.11 Å². The summed E-state index contributed by atoms with van der Waals surface area (Å²) >= 11 is 0. The normalized spacial score (nSPS) is 21.9. The first-order chi connectivity index (χ1) is 6.70. The second-order valence-corrected chi connectivity index (χ2v) is 3.18. The van der Waals surface area contributed by atoms with Crippen molar-refractivity contribution in [3.63, 3.8) is 0 Å². The predicted octanol–water partition coefficient (Wildman–Crippen LogP) is -0.630. The highest BCUT2D eigenvalue weighted by molar-refractivity contribution is 5.84. The molecule has 0 aromatic carbocycles. The van der Waals surface area contributed by atoms with Crippen LogP contribution in [0.25, 0.3) is 0 Å². The summed E-state index contributed by atoms with van der Waals surface area (Å²) in [6.45, 7) is 3.59. The topological polar surface area (TPSA) is 58.6 Å². The number of piperazine rings is 1. The molecule has 80 valence electrons. The average Bonchev–Trinajstić information content (AvgIpc) is 2.27. The highest BCUT2D eigenvalue weighted by atomic mass is 16.5. The molecule has 14 heavy (non-hydrogen) atoms. The number of nitrogens with one attached hydrogen (secondary N) is 1. The zero-order chi connectivity index (χ0) is 10.6. The Morgan fingerprint density at radius 2 is 2.29 bits per heavy atom. The molecule has 1 heterocycles. The van der Waals surface area contributed by atoms with Crippen LogP contribution in [0.15, 0.2) is 0 Å². The smallest absolute Gasteiger partial charge is 0.329 e. The van der Waals surface area contributed by atoms with Gasteiger partial charge in [-0.3, -0.25) is 4.79 Å². The second-order valence-electron chi connectivity index (χ2n) is 3.18. The average molecular weight is 200 g/mol. The van der Waals surface area contributed by atoms with Gasteiger partial charge in [-0.25, -0.2) is 4.79 Å². The van der Waals surface area contributed by atoms with E-state index in [1.807, 2.05) is 0 Å². The Labute approximate surface area is 83.4 Å². The van der Waals surface area contributed by atoms with Crippen LogP contribution >= 0.6 is 0 Å². The van der Waals surface area contributed by atoms with E-state index >= 15 is 0 Å². The number of hydrogen-bond acceptors (Lipinski definition) is 4. The summed E-state index contributed by atoms with van der Waals surface area (Å²) in [5.41, 5.74) is 0. The fourth-order valence-electron chi connectivity index (χ4n) is 1.55. The van der Waals surface area contributed by atoms with Crippen molar-refractivity contribution in [2.45, 2.75) is 19.4 Å². The molecule has 0 saturated carbocycles. The molecular weight excluding hydrogens is 184 g/mol. The molecule has 1 rings (SSSR count). The van der Waals surface area contributed by atoms with Crippen molar-refractivity contribution < 1.29 is 14.3 Å². The largest absolute Gasteiger partial charge is 0.467 e. The molecule has 1 unspecified atom stereocenters. The van der Waals surface area contributed by atoms with Gasteiger partial charge >= 0.3 is 5.97 Å². The Hall–Kier alpha value is -1.10. The minimum absolute atomic E-state index is 0.00176. The van der Waals surface area contributed by atoms with Gasteiger partial charge in [0.2, 0.25) is 5.91 Å². The maximum absolute atomic E-state index is 11.5. The Morgan fingerprint density at radius 3 is 2.86 bits per heavy atom. The van der Waals surface area contributed by atoms with E-state index in [2.05, 4.69) is 10.1 Å². The van der Waals surface area contributed by atoms with Gasteiger partial charge in [-0.2, -0.15) is 0 Å². The lowest BCUT2D eigenvalue weighted by molar-refractivity contribution is -0.153. The monoisotopic (exact) mass is 200 g/mol. The zero-order valence-corrected chi connectivity index (χ0v) is 8.58. The minimum atomic E-state index is -0.457. The van der Waals surface area contributed by atoms with Crippen molar-refractivity contribution in [3.8, 4) is 0 Å². The summed E-state index contributed by atoms with van der Waals surface area (Å²) < 4.78 is 4.64. The molecule has 1 amide bonds. The molecule has 5 nitrogen and oxygen atoms in total. The van der Waals surface area contributed by atoms with E-state index in [0.717, 1.165) is 6.54 Å². The number of amides is 1. The highest BCUT2D eigenvalue weighted by Crippen LogP contribution is 2.06. The van der Waals surface area contributed by atoms with Crippen LogP contribution in [0.4, 0.5) is 0 Å². The van der Waals surface area contributed by atoms with E-state index in [4.69, 9.17) is 0 Å². The fraction of sp³-hybridized carbons (Fsp3) is 0.778. The summed E-state index contributed by atoms with van der Waals surface area (Å²) in [4.78, 5) is 24.4. The number of carbonyl (C=O) groups excluding carboxylic acids is 2. The van der Waals surface area contributed by atoms with E-state index < -0.39 is 6.04 Å². The van der Waals surface area contributed by atoms with Crippen LogP contribution in [0.2, 0.25) is 0 Å². The van der Waals surface area contributed by atoms with Crippen LogP contribution in [0.3, 0.4) is 0 Å². The van der Waals surface area contributed by atoms with Gasteiger partial charge in [-0.1, -0.05) is 6.92 Å². The summed E-state index contributed by atoms with van der Waals surface area (Å²) in [5, 5.41) is 3.06. The molecule has 0 aliphatic carbocycles. The van der Waals surface area contributed by atoms with E-state index in [9.17, 15) is 9.59 Å². The SMILES string of the molecule is CCC(=O)N1CCNCC1C(=O)OC. The highest BCUT2D eigenvalue weighted by Gasteiger charge is 2.31. The molecule has 0 aromatic heterocycles. The van der Waals surface area contributed by atoms with Gasteiger partial charge in [0.05, 0.1) is 7.11 Å². The molecule has 0 aromatic rings. The quantitative estimate of drug-likeness (QED) is 0.603. The molecule has 0 radical (unpaired) electrons. The number of ether oxygens (including phenoxy) is 1. The second kappa shape index (κ2) is 4.95. The number of nitrogens with zero attached hydrogens (tertiary/aromatic N) is 1.